The number of carbonyl (C=O) groups is 1. The van der Waals surface area contributed by atoms with E-state index < -0.39 is 0 Å². The molecular formula is C13H28OSSi. The van der Waals surface area contributed by atoms with E-state index in [1.165, 1.54) is 61.2 Å². The van der Waals surface area contributed by atoms with Crippen molar-refractivity contribution >= 4 is 27.1 Å². The standard InChI is InChI=1S/C13H28OSSi/c1-2-3-4-5-6-7-8-10-13(14)15-11-9-12-16/h2-12H2,1,16H3. The summed E-state index contributed by atoms with van der Waals surface area (Å²) in [7, 11) is 1.28. The predicted octanol–water partition coefficient (Wildman–Crippen LogP) is 3.56. The summed E-state index contributed by atoms with van der Waals surface area (Å²) in [5, 5.41) is 0.420. The van der Waals surface area contributed by atoms with Gasteiger partial charge >= 0.3 is 0 Å². The summed E-state index contributed by atoms with van der Waals surface area (Å²) in [6.07, 6.45) is 11.1. The molecule has 0 aliphatic rings. The second kappa shape index (κ2) is 13.3. The summed E-state index contributed by atoms with van der Waals surface area (Å²) in [5.41, 5.74) is 0. The highest BCUT2D eigenvalue weighted by Crippen LogP contribution is 2.13. The van der Waals surface area contributed by atoms with Gasteiger partial charge in [-0.15, -0.1) is 0 Å². The van der Waals surface area contributed by atoms with Crippen LogP contribution in [-0.4, -0.2) is 21.1 Å². The Bertz CT molecular complexity index is 162. The number of hydrogen-bond acceptors (Lipinski definition) is 2. The molecule has 0 spiro atoms. The molecule has 0 radical (unpaired) electrons. The van der Waals surface area contributed by atoms with Crippen molar-refractivity contribution in [1.82, 2.24) is 0 Å². The van der Waals surface area contributed by atoms with Crippen molar-refractivity contribution in [2.45, 2.75) is 70.8 Å². The largest absolute Gasteiger partial charge is 0.287 e. The van der Waals surface area contributed by atoms with Gasteiger partial charge in [-0.3, -0.25) is 4.79 Å². The molecule has 0 aliphatic carbocycles. The van der Waals surface area contributed by atoms with Gasteiger partial charge < -0.3 is 0 Å². The fourth-order valence-corrected chi connectivity index (χ4v) is 3.44. The fourth-order valence-electron chi connectivity index (χ4n) is 1.63. The van der Waals surface area contributed by atoms with E-state index in [4.69, 9.17) is 0 Å². The quantitative estimate of drug-likeness (QED) is 0.417. The van der Waals surface area contributed by atoms with E-state index in [-0.39, 0.29) is 0 Å². The van der Waals surface area contributed by atoms with E-state index in [9.17, 15) is 4.79 Å². The van der Waals surface area contributed by atoms with E-state index in [1.54, 1.807) is 11.8 Å². The minimum atomic E-state index is 0.420. The molecule has 0 aromatic rings. The molecule has 0 fully saturated rings. The van der Waals surface area contributed by atoms with Crippen LogP contribution in [0.4, 0.5) is 0 Å². The van der Waals surface area contributed by atoms with Crippen LogP contribution in [0.3, 0.4) is 0 Å². The molecule has 0 heterocycles. The molecule has 3 heteroatoms. The first-order chi connectivity index (χ1) is 7.81. The SMILES string of the molecule is CCCCCCCCCC(=O)SCCC[SiH3]. The van der Waals surface area contributed by atoms with Crippen LogP contribution in [0.15, 0.2) is 0 Å². The maximum absolute atomic E-state index is 11.4. The van der Waals surface area contributed by atoms with Gasteiger partial charge in [0.05, 0.1) is 0 Å². The van der Waals surface area contributed by atoms with Crippen LogP contribution in [0.1, 0.15) is 64.7 Å². The monoisotopic (exact) mass is 260 g/mol. The number of hydrogen-bond donors (Lipinski definition) is 0. The molecule has 0 aliphatic heterocycles. The van der Waals surface area contributed by atoms with Gasteiger partial charge in [0.1, 0.15) is 0 Å². The molecule has 0 aromatic heterocycles. The average molecular weight is 261 g/mol. The van der Waals surface area contributed by atoms with E-state index in [2.05, 4.69) is 6.92 Å². The van der Waals surface area contributed by atoms with Crippen LogP contribution in [0, 0.1) is 0 Å². The molecule has 0 atom stereocenters. The molecule has 0 amide bonds. The first-order valence-corrected chi connectivity index (χ1v) is 9.36. The zero-order chi connectivity index (χ0) is 12.1. The molecule has 0 saturated heterocycles. The van der Waals surface area contributed by atoms with Crippen molar-refractivity contribution < 1.29 is 4.79 Å². The van der Waals surface area contributed by atoms with Crippen LogP contribution in [0.25, 0.3) is 0 Å². The summed E-state index contributed by atoms with van der Waals surface area (Å²) in [6, 6.07) is 1.33. The molecule has 0 aromatic carbocycles. The van der Waals surface area contributed by atoms with Crippen molar-refractivity contribution in [3.63, 3.8) is 0 Å². The lowest BCUT2D eigenvalue weighted by atomic mass is 10.1. The zero-order valence-electron chi connectivity index (χ0n) is 11.1. The van der Waals surface area contributed by atoms with E-state index in [0.717, 1.165) is 18.6 Å². The summed E-state index contributed by atoms with van der Waals surface area (Å²) >= 11 is 1.56. The highest BCUT2D eigenvalue weighted by molar-refractivity contribution is 8.13. The van der Waals surface area contributed by atoms with Gasteiger partial charge in [-0.25, -0.2) is 0 Å². The molecule has 0 rings (SSSR count). The lowest BCUT2D eigenvalue weighted by molar-refractivity contribution is -0.111. The molecule has 0 unspecified atom stereocenters. The van der Waals surface area contributed by atoms with Gasteiger partial charge in [-0.1, -0.05) is 63.3 Å². The predicted molar refractivity (Wildman–Crippen MR) is 79.4 cm³/mol. The Morgan fingerprint density at radius 3 is 2.25 bits per heavy atom. The molecule has 96 valence electrons. The first-order valence-electron chi connectivity index (χ1n) is 6.96. The van der Waals surface area contributed by atoms with Crippen molar-refractivity contribution in [3.8, 4) is 0 Å². The molecule has 0 bridgehead atoms. The third-order valence-electron chi connectivity index (χ3n) is 2.75. The Morgan fingerprint density at radius 2 is 1.62 bits per heavy atom. The van der Waals surface area contributed by atoms with Crippen molar-refractivity contribution in [2.24, 2.45) is 0 Å². The summed E-state index contributed by atoms with van der Waals surface area (Å²) in [4.78, 5) is 11.4. The van der Waals surface area contributed by atoms with Crippen LogP contribution in [0.2, 0.25) is 6.04 Å². The molecule has 0 N–H and O–H groups in total. The molecule has 16 heavy (non-hydrogen) atoms. The van der Waals surface area contributed by atoms with E-state index >= 15 is 0 Å². The third kappa shape index (κ3) is 12.3. The van der Waals surface area contributed by atoms with Crippen LogP contribution < -0.4 is 0 Å². The maximum atomic E-state index is 11.4. The number of unbranched alkanes of at least 4 members (excludes halogenated alkanes) is 6. The lowest BCUT2D eigenvalue weighted by Crippen LogP contribution is -1.93. The third-order valence-corrected chi connectivity index (χ3v) is 4.47. The molecular weight excluding hydrogens is 232 g/mol. The normalized spacial score (nSPS) is 10.8. The molecule has 0 saturated carbocycles. The highest BCUT2D eigenvalue weighted by Gasteiger charge is 2.01. The Kier molecular flexibility index (Phi) is 13.5. The first kappa shape index (κ1) is 16.2. The van der Waals surface area contributed by atoms with Gasteiger partial charge in [0.25, 0.3) is 0 Å². The lowest BCUT2D eigenvalue weighted by Gasteiger charge is -2.01. The van der Waals surface area contributed by atoms with Crippen molar-refractivity contribution in [2.75, 3.05) is 5.75 Å². The minimum Gasteiger partial charge on any atom is -0.287 e. The van der Waals surface area contributed by atoms with Gasteiger partial charge in [-0.2, -0.15) is 0 Å². The number of carbonyl (C=O) groups excluding carboxylic acids is 1. The Labute approximate surface area is 109 Å². The fraction of sp³-hybridized carbons (Fsp3) is 0.923. The molecule has 1 nitrogen and oxygen atoms in total. The van der Waals surface area contributed by atoms with Gasteiger partial charge in [0.2, 0.25) is 0 Å². The van der Waals surface area contributed by atoms with Gasteiger partial charge in [0.15, 0.2) is 5.12 Å². The number of rotatable bonds is 11. The van der Waals surface area contributed by atoms with Crippen molar-refractivity contribution in [3.05, 3.63) is 0 Å². The minimum absolute atomic E-state index is 0.420. The Morgan fingerprint density at radius 1 is 1.00 bits per heavy atom. The second-order valence-corrected chi connectivity index (χ2v) is 6.60. The summed E-state index contributed by atoms with van der Waals surface area (Å²) in [6.45, 7) is 2.24. The number of thioether (sulfide) groups is 1. The van der Waals surface area contributed by atoms with Crippen LogP contribution >= 0.6 is 11.8 Å². The van der Waals surface area contributed by atoms with Gasteiger partial charge in [-0.05, 0) is 12.8 Å². The van der Waals surface area contributed by atoms with Crippen LogP contribution in [-0.2, 0) is 4.79 Å². The smallest absolute Gasteiger partial charge is 0.188 e. The zero-order valence-corrected chi connectivity index (χ0v) is 13.9. The highest BCUT2D eigenvalue weighted by atomic mass is 32.2. The topological polar surface area (TPSA) is 17.1 Å². The van der Waals surface area contributed by atoms with E-state index in [0.29, 0.717) is 5.12 Å². The van der Waals surface area contributed by atoms with Crippen LogP contribution in [0.5, 0.6) is 0 Å². The van der Waals surface area contributed by atoms with Crippen molar-refractivity contribution in [1.29, 1.82) is 0 Å². The average Bonchev–Trinajstić information content (AvgIpc) is 2.28. The van der Waals surface area contributed by atoms with Gasteiger partial charge in [0, 0.05) is 22.4 Å². The van der Waals surface area contributed by atoms with E-state index in [1.807, 2.05) is 0 Å². The second-order valence-electron chi connectivity index (χ2n) is 4.45. The summed E-state index contributed by atoms with van der Waals surface area (Å²) in [5.74, 6) is 1.05. The Hall–Kier alpha value is 0.237. The summed E-state index contributed by atoms with van der Waals surface area (Å²) < 4.78 is 0. The Balaban J connectivity index is 3.09. The maximum Gasteiger partial charge on any atom is 0.188 e.